The van der Waals surface area contributed by atoms with Gasteiger partial charge in [0.2, 0.25) is 0 Å². The zero-order valence-electron chi connectivity index (χ0n) is 11.4. The minimum absolute atomic E-state index is 0.591. The topological polar surface area (TPSA) is 22.1 Å². The van der Waals surface area contributed by atoms with Gasteiger partial charge in [0.25, 0.3) is 0 Å². The molecule has 0 radical (unpaired) electrons. The lowest BCUT2D eigenvalue weighted by Gasteiger charge is -2.06. The molecule has 0 atom stereocenters. The van der Waals surface area contributed by atoms with Crippen LogP contribution < -0.4 is 4.74 Å². The summed E-state index contributed by atoms with van der Waals surface area (Å²) in [4.78, 5) is 3.97. The highest BCUT2D eigenvalue weighted by molar-refractivity contribution is 5.27. The van der Waals surface area contributed by atoms with E-state index in [0.717, 1.165) is 17.7 Å². The van der Waals surface area contributed by atoms with Gasteiger partial charge in [-0.15, -0.1) is 0 Å². The monoisotopic (exact) mass is 243 g/mol. The second-order valence-corrected chi connectivity index (χ2v) is 3.64. The van der Waals surface area contributed by atoms with Crippen LogP contribution in [0.15, 0.2) is 48.8 Å². The van der Waals surface area contributed by atoms with Crippen LogP contribution in [-0.2, 0) is 13.0 Å². The van der Waals surface area contributed by atoms with Crippen molar-refractivity contribution in [3.8, 4) is 5.75 Å². The van der Waals surface area contributed by atoms with Gasteiger partial charge >= 0.3 is 0 Å². The molecule has 2 rings (SSSR count). The number of nitrogens with zero attached hydrogens (tertiary/aromatic N) is 1. The molecule has 1 aromatic carbocycles. The number of benzene rings is 1. The van der Waals surface area contributed by atoms with Gasteiger partial charge in [0.15, 0.2) is 0 Å². The van der Waals surface area contributed by atoms with Crippen LogP contribution in [0.5, 0.6) is 5.75 Å². The lowest BCUT2D eigenvalue weighted by Crippen LogP contribution is -1.95. The Morgan fingerprint density at radius 1 is 0.889 bits per heavy atom. The Balaban J connectivity index is 0.000000771. The molecule has 0 saturated carbocycles. The maximum absolute atomic E-state index is 5.66. The highest BCUT2D eigenvalue weighted by Gasteiger charge is 1.95. The van der Waals surface area contributed by atoms with Crippen molar-refractivity contribution in [3.05, 3.63) is 59.9 Å². The van der Waals surface area contributed by atoms with E-state index in [1.807, 2.05) is 38.1 Å². The summed E-state index contributed by atoms with van der Waals surface area (Å²) in [6.07, 6.45) is 4.61. The molecule has 2 heteroatoms. The molecule has 0 unspecified atom stereocenters. The quantitative estimate of drug-likeness (QED) is 0.801. The van der Waals surface area contributed by atoms with Gasteiger partial charge in [-0.1, -0.05) is 32.9 Å². The summed E-state index contributed by atoms with van der Waals surface area (Å²) in [5.41, 5.74) is 2.46. The lowest BCUT2D eigenvalue weighted by atomic mass is 10.2. The van der Waals surface area contributed by atoms with Crippen molar-refractivity contribution in [2.75, 3.05) is 0 Å². The van der Waals surface area contributed by atoms with Gasteiger partial charge in [-0.25, -0.2) is 0 Å². The molecule has 1 aromatic heterocycles. The Hall–Kier alpha value is -1.83. The van der Waals surface area contributed by atoms with Gasteiger partial charge in [-0.05, 0) is 41.8 Å². The van der Waals surface area contributed by atoms with Crippen molar-refractivity contribution in [3.63, 3.8) is 0 Å². The fraction of sp³-hybridized carbons (Fsp3) is 0.312. The Kier molecular flexibility index (Phi) is 6.55. The lowest BCUT2D eigenvalue weighted by molar-refractivity contribution is 0.306. The first-order valence-corrected chi connectivity index (χ1v) is 6.49. The van der Waals surface area contributed by atoms with Gasteiger partial charge in [0.05, 0.1) is 0 Å². The number of pyridine rings is 1. The summed E-state index contributed by atoms with van der Waals surface area (Å²) in [6, 6.07) is 12.1. The fourth-order valence-electron chi connectivity index (χ4n) is 1.47. The molecule has 0 bridgehead atoms. The smallest absolute Gasteiger partial charge is 0.119 e. The van der Waals surface area contributed by atoms with Crippen LogP contribution in [0.3, 0.4) is 0 Å². The van der Waals surface area contributed by atoms with E-state index in [-0.39, 0.29) is 0 Å². The van der Waals surface area contributed by atoms with Crippen LogP contribution in [0.2, 0.25) is 0 Å². The third-order valence-electron chi connectivity index (χ3n) is 2.49. The van der Waals surface area contributed by atoms with Crippen molar-refractivity contribution in [2.45, 2.75) is 33.8 Å². The molecule has 0 aliphatic rings. The summed E-state index contributed by atoms with van der Waals surface area (Å²) in [5, 5.41) is 0. The number of hydrogen-bond acceptors (Lipinski definition) is 2. The number of rotatable bonds is 4. The molecule has 0 N–H and O–H groups in total. The molecular formula is C16H21NO. The van der Waals surface area contributed by atoms with Crippen molar-refractivity contribution in [1.29, 1.82) is 0 Å². The van der Waals surface area contributed by atoms with Crippen LogP contribution in [-0.4, -0.2) is 4.98 Å². The zero-order chi connectivity index (χ0) is 13.2. The van der Waals surface area contributed by atoms with Gasteiger partial charge in [0.1, 0.15) is 12.4 Å². The first-order chi connectivity index (χ1) is 8.88. The Morgan fingerprint density at radius 2 is 1.50 bits per heavy atom. The van der Waals surface area contributed by atoms with Crippen molar-refractivity contribution in [1.82, 2.24) is 4.98 Å². The van der Waals surface area contributed by atoms with E-state index in [9.17, 15) is 0 Å². The summed E-state index contributed by atoms with van der Waals surface area (Å²) in [5.74, 6) is 0.911. The highest BCUT2D eigenvalue weighted by Crippen LogP contribution is 2.14. The number of ether oxygens (including phenoxy) is 1. The average Bonchev–Trinajstić information content (AvgIpc) is 2.49. The third kappa shape index (κ3) is 4.58. The Labute approximate surface area is 110 Å². The maximum Gasteiger partial charge on any atom is 0.119 e. The fourth-order valence-corrected chi connectivity index (χ4v) is 1.47. The Bertz CT molecular complexity index is 423. The van der Waals surface area contributed by atoms with Crippen molar-refractivity contribution >= 4 is 0 Å². The summed E-state index contributed by atoms with van der Waals surface area (Å²) < 4.78 is 5.66. The van der Waals surface area contributed by atoms with E-state index in [1.165, 1.54) is 5.56 Å². The van der Waals surface area contributed by atoms with Gasteiger partial charge in [-0.2, -0.15) is 0 Å². The normalized spacial score (nSPS) is 9.28. The van der Waals surface area contributed by atoms with E-state index < -0.39 is 0 Å². The Morgan fingerprint density at radius 3 is 2.06 bits per heavy atom. The van der Waals surface area contributed by atoms with E-state index in [0.29, 0.717) is 6.61 Å². The second kappa shape index (κ2) is 8.29. The van der Waals surface area contributed by atoms with E-state index in [1.54, 1.807) is 12.4 Å². The first-order valence-electron chi connectivity index (χ1n) is 6.49. The number of aromatic nitrogens is 1. The van der Waals surface area contributed by atoms with E-state index >= 15 is 0 Å². The predicted octanol–water partition coefficient (Wildman–Crippen LogP) is 4.25. The molecular weight excluding hydrogens is 222 g/mol. The van der Waals surface area contributed by atoms with Crippen LogP contribution in [0.4, 0.5) is 0 Å². The summed E-state index contributed by atoms with van der Waals surface area (Å²) in [7, 11) is 0. The minimum atomic E-state index is 0.591. The standard InChI is InChI=1S/C14H15NO.C2H6/c1-2-12-3-5-14(6-4-12)16-11-13-7-9-15-10-8-13;1-2/h3-10H,2,11H2,1H3;1-2H3. The molecule has 0 spiro atoms. The van der Waals surface area contributed by atoms with E-state index in [4.69, 9.17) is 4.74 Å². The van der Waals surface area contributed by atoms with Crippen LogP contribution >= 0.6 is 0 Å². The second-order valence-electron chi connectivity index (χ2n) is 3.64. The summed E-state index contributed by atoms with van der Waals surface area (Å²) >= 11 is 0. The molecule has 2 nitrogen and oxygen atoms in total. The molecule has 0 amide bonds. The van der Waals surface area contributed by atoms with Gasteiger partial charge in [0, 0.05) is 12.4 Å². The molecule has 0 aliphatic heterocycles. The van der Waals surface area contributed by atoms with Gasteiger partial charge in [-0.3, -0.25) is 4.98 Å². The third-order valence-corrected chi connectivity index (χ3v) is 2.49. The SMILES string of the molecule is CC.CCc1ccc(OCc2ccncc2)cc1. The zero-order valence-corrected chi connectivity index (χ0v) is 11.4. The predicted molar refractivity (Wildman–Crippen MR) is 75.7 cm³/mol. The average molecular weight is 243 g/mol. The highest BCUT2D eigenvalue weighted by atomic mass is 16.5. The van der Waals surface area contributed by atoms with Crippen molar-refractivity contribution < 1.29 is 4.74 Å². The molecule has 1 heterocycles. The van der Waals surface area contributed by atoms with Crippen LogP contribution in [0.25, 0.3) is 0 Å². The van der Waals surface area contributed by atoms with Crippen LogP contribution in [0.1, 0.15) is 31.9 Å². The number of aryl methyl sites for hydroxylation is 1. The maximum atomic E-state index is 5.66. The largest absolute Gasteiger partial charge is 0.489 e. The summed E-state index contributed by atoms with van der Waals surface area (Å²) in [6.45, 7) is 6.74. The van der Waals surface area contributed by atoms with Crippen LogP contribution in [0, 0.1) is 0 Å². The number of hydrogen-bond donors (Lipinski definition) is 0. The molecule has 2 aromatic rings. The molecule has 0 saturated heterocycles. The molecule has 0 aliphatic carbocycles. The van der Waals surface area contributed by atoms with E-state index in [2.05, 4.69) is 24.0 Å². The molecule has 18 heavy (non-hydrogen) atoms. The van der Waals surface area contributed by atoms with Gasteiger partial charge < -0.3 is 4.74 Å². The minimum Gasteiger partial charge on any atom is -0.489 e. The molecule has 0 fully saturated rings. The first kappa shape index (κ1) is 14.2. The van der Waals surface area contributed by atoms with Crippen molar-refractivity contribution in [2.24, 2.45) is 0 Å². The molecule has 96 valence electrons.